The van der Waals surface area contributed by atoms with Gasteiger partial charge in [-0.2, -0.15) is 0 Å². The molecule has 1 aliphatic heterocycles. The summed E-state index contributed by atoms with van der Waals surface area (Å²) in [5, 5.41) is 33.4. The van der Waals surface area contributed by atoms with E-state index in [2.05, 4.69) is 34.5 Å². The van der Waals surface area contributed by atoms with E-state index >= 15 is 0 Å². The van der Waals surface area contributed by atoms with Gasteiger partial charge in [-0.3, -0.25) is 14.5 Å². The largest absolute Gasteiger partial charge is 0.504 e. The number of phenols is 1. The van der Waals surface area contributed by atoms with Gasteiger partial charge in [0.15, 0.2) is 27.4 Å². The van der Waals surface area contributed by atoms with Crippen molar-refractivity contribution in [3.63, 3.8) is 0 Å². The zero-order valence-corrected chi connectivity index (χ0v) is 25.5. The number of hydrogen-bond donors (Lipinski definition) is 2. The maximum atomic E-state index is 14.0. The molecule has 11 heteroatoms. The van der Waals surface area contributed by atoms with Crippen molar-refractivity contribution in [2.24, 2.45) is 0 Å². The van der Waals surface area contributed by atoms with E-state index in [0.29, 0.717) is 26.6 Å². The molecule has 45 heavy (non-hydrogen) atoms. The van der Waals surface area contributed by atoms with Gasteiger partial charge in [0.25, 0.3) is 5.91 Å². The van der Waals surface area contributed by atoms with E-state index in [4.69, 9.17) is 9.15 Å². The van der Waals surface area contributed by atoms with Crippen LogP contribution >= 0.6 is 23.1 Å². The molecule has 0 fully saturated rings. The average molecular weight is 636 g/mol. The third kappa shape index (κ3) is 5.19. The van der Waals surface area contributed by atoms with Crippen molar-refractivity contribution in [1.82, 2.24) is 10.2 Å². The van der Waals surface area contributed by atoms with Crippen molar-refractivity contribution in [2.75, 3.05) is 11.5 Å². The van der Waals surface area contributed by atoms with Gasteiger partial charge in [0.2, 0.25) is 10.9 Å². The molecular weight excluding hydrogens is 611 g/mol. The van der Waals surface area contributed by atoms with E-state index in [1.807, 2.05) is 24.3 Å². The van der Waals surface area contributed by atoms with Crippen molar-refractivity contribution < 1.29 is 29.0 Å². The number of Topliss-reactive ketones (excluding diaryl/α,β-unsaturated/α-hetero) is 1. The van der Waals surface area contributed by atoms with Gasteiger partial charge in [-0.05, 0) is 53.1 Å². The van der Waals surface area contributed by atoms with Crippen molar-refractivity contribution in [1.29, 1.82) is 0 Å². The van der Waals surface area contributed by atoms with Gasteiger partial charge in [-0.1, -0.05) is 89.8 Å². The standard InChI is InChI=1S/C34H25N3O6S2/c1-2-42-26-17-21(14-15-24(26)38)29-28(30(39)27-16-20-9-4-6-13-25(20)43-27)31(40)32(41)37(29)33-35-36-34(45-33)44-18-22-11-7-10-19-8-3-5-12-23(19)22/h3-17,29,38,40H,2,18H2,1H3. The predicted molar refractivity (Wildman–Crippen MR) is 173 cm³/mol. The van der Waals surface area contributed by atoms with Crippen molar-refractivity contribution in [3.8, 4) is 11.5 Å². The summed E-state index contributed by atoms with van der Waals surface area (Å²) in [6, 6.07) is 26.5. The Morgan fingerprint density at radius 3 is 2.58 bits per heavy atom. The maximum Gasteiger partial charge on any atom is 0.296 e. The van der Waals surface area contributed by atoms with Crippen molar-refractivity contribution >= 4 is 61.7 Å². The maximum absolute atomic E-state index is 14.0. The van der Waals surface area contributed by atoms with E-state index in [1.165, 1.54) is 34.1 Å². The highest BCUT2D eigenvalue weighted by atomic mass is 32.2. The number of nitrogens with zero attached hydrogens (tertiary/aromatic N) is 3. The van der Waals surface area contributed by atoms with Crippen LogP contribution in [0.5, 0.6) is 11.5 Å². The van der Waals surface area contributed by atoms with Gasteiger partial charge in [-0.15, -0.1) is 10.2 Å². The summed E-state index contributed by atoms with van der Waals surface area (Å²) >= 11 is 2.66. The number of furan rings is 1. The second-order valence-electron chi connectivity index (χ2n) is 10.3. The lowest BCUT2D eigenvalue weighted by molar-refractivity contribution is -0.117. The lowest BCUT2D eigenvalue weighted by Crippen LogP contribution is -2.31. The Bertz CT molecular complexity index is 2100. The smallest absolute Gasteiger partial charge is 0.296 e. The van der Waals surface area contributed by atoms with Gasteiger partial charge in [0.1, 0.15) is 5.58 Å². The highest BCUT2D eigenvalue weighted by molar-refractivity contribution is 8.00. The van der Waals surface area contributed by atoms with Gasteiger partial charge in [0.05, 0.1) is 18.2 Å². The Balaban J connectivity index is 1.26. The van der Waals surface area contributed by atoms with Crippen LogP contribution < -0.4 is 9.64 Å². The number of rotatable bonds is 9. The molecule has 224 valence electrons. The Hall–Kier alpha value is -5.13. The fourth-order valence-electron chi connectivity index (χ4n) is 5.46. The first-order valence-corrected chi connectivity index (χ1v) is 15.9. The number of para-hydroxylation sites is 1. The number of aromatic nitrogens is 2. The second kappa shape index (κ2) is 11.8. The van der Waals surface area contributed by atoms with Gasteiger partial charge in [-0.25, -0.2) is 0 Å². The molecule has 0 spiro atoms. The molecule has 1 aliphatic rings. The first kappa shape index (κ1) is 28.6. The summed E-state index contributed by atoms with van der Waals surface area (Å²) in [5.41, 5.74) is 1.88. The summed E-state index contributed by atoms with van der Waals surface area (Å²) in [6.45, 7) is 2.06. The van der Waals surface area contributed by atoms with E-state index in [1.54, 1.807) is 43.3 Å². The number of aliphatic hydroxyl groups is 1. The quantitative estimate of drug-likeness (QED) is 0.0937. The van der Waals surface area contributed by atoms with Crippen LogP contribution in [0.4, 0.5) is 5.13 Å². The lowest BCUT2D eigenvalue weighted by atomic mass is 9.95. The van der Waals surface area contributed by atoms with Crippen molar-refractivity contribution in [2.45, 2.75) is 23.1 Å². The number of anilines is 1. The average Bonchev–Trinajstić information content (AvgIpc) is 3.77. The minimum Gasteiger partial charge on any atom is -0.504 e. The number of aliphatic hydroxyl groups excluding tert-OH is 1. The summed E-state index contributed by atoms with van der Waals surface area (Å²) in [5.74, 6) is -1.48. The summed E-state index contributed by atoms with van der Waals surface area (Å²) in [4.78, 5) is 28.9. The van der Waals surface area contributed by atoms with Gasteiger partial charge >= 0.3 is 0 Å². The molecule has 0 saturated carbocycles. The van der Waals surface area contributed by atoms with Gasteiger partial charge < -0.3 is 19.4 Å². The van der Waals surface area contributed by atoms with E-state index in [-0.39, 0.29) is 34.6 Å². The van der Waals surface area contributed by atoms with Crippen LogP contribution in [0.25, 0.3) is 21.7 Å². The zero-order valence-electron chi connectivity index (χ0n) is 23.8. The molecule has 0 aliphatic carbocycles. The molecule has 9 nitrogen and oxygen atoms in total. The lowest BCUT2D eigenvalue weighted by Gasteiger charge is -2.24. The molecule has 1 unspecified atom stereocenters. The molecule has 2 N–H and O–H groups in total. The van der Waals surface area contributed by atoms with Crippen LogP contribution in [-0.4, -0.2) is 38.7 Å². The molecule has 0 bridgehead atoms. The van der Waals surface area contributed by atoms with Crippen LogP contribution in [0.3, 0.4) is 0 Å². The Morgan fingerprint density at radius 1 is 0.978 bits per heavy atom. The molecule has 2 aromatic heterocycles. The molecule has 1 amide bonds. The first-order chi connectivity index (χ1) is 21.9. The molecule has 7 rings (SSSR count). The topological polar surface area (TPSA) is 126 Å². The van der Waals surface area contributed by atoms with Crippen LogP contribution in [0.1, 0.15) is 34.6 Å². The minimum absolute atomic E-state index is 0.0233. The van der Waals surface area contributed by atoms with E-state index in [9.17, 15) is 19.8 Å². The third-order valence-electron chi connectivity index (χ3n) is 7.53. The summed E-state index contributed by atoms with van der Waals surface area (Å²) < 4.78 is 12.0. The third-order valence-corrected chi connectivity index (χ3v) is 9.64. The fourth-order valence-corrected chi connectivity index (χ4v) is 7.34. The molecule has 0 saturated heterocycles. The number of ketones is 1. The molecule has 0 radical (unpaired) electrons. The summed E-state index contributed by atoms with van der Waals surface area (Å²) in [7, 11) is 0. The molecular formula is C34H25N3O6S2. The number of thioether (sulfide) groups is 1. The predicted octanol–water partition coefficient (Wildman–Crippen LogP) is 7.62. The zero-order chi connectivity index (χ0) is 31.1. The fraction of sp³-hybridized carbons (Fsp3) is 0.118. The van der Waals surface area contributed by atoms with Crippen LogP contribution in [-0.2, 0) is 10.5 Å². The Labute approximate surface area is 265 Å². The number of fused-ring (bicyclic) bond motifs is 2. The number of hydrogen-bond acceptors (Lipinski definition) is 10. The van der Waals surface area contributed by atoms with Crippen LogP contribution in [0.15, 0.2) is 111 Å². The highest BCUT2D eigenvalue weighted by Crippen LogP contribution is 2.46. The Kier molecular flexibility index (Phi) is 7.48. The highest BCUT2D eigenvalue weighted by Gasteiger charge is 2.47. The number of carbonyl (C=O) groups is 2. The number of phenolic OH excluding ortho intramolecular Hbond substituents is 1. The molecule has 3 heterocycles. The van der Waals surface area contributed by atoms with E-state index < -0.39 is 23.5 Å². The number of benzene rings is 4. The van der Waals surface area contributed by atoms with Crippen LogP contribution in [0.2, 0.25) is 0 Å². The number of amides is 1. The number of aromatic hydroxyl groups is 1. The normalized spacial score (nSPS) is 15.0. The Morgan fingerprint density at radius 2 is 1.76 bits per heavy atom. The molecule has 1 atom stereocenters. The SMILES string of the molecule is CCOc1cc(C2C(C(=O)c3cc4ccccc4o3)=C(O)C(=O)N2c2nnc(SCc3cccc4ccccc34)s2)ccc1O. The second-order valence-corrected chi connectivity index (χ2v) is 12.4. The van der Waals surface area contributed by atoms with Crippen LogP contribution in [0, 0.1) is 0 Å². The van der Waals surface area contributed by atoms with Crippen molar-refractivity contribution in [3.05, 3.63) is 119 Å². The van der Waals surface area contributed by atoms with Gasteiger partial charge in [0, 0.05) is 11.1 Å². The molecule has 6 aromatic rings. The number of ether oxygens (including phenoxy) is 1. The van der Waals surface area contributed by atoms with E-state index in [0.717, 1.165) is 16.3 Å². The summed E-state index contributed by atoms with van der Waals surface area (Å²) in [6.07, 6.45) is 0. The monoisotopic (exact) mass is 635 g/mol. The number of carbonyl (C=O) groups excluding carboxylic acids is 2. The molecule has 4 aromatic carbocycles. The first-order valence-electron chi connectivity index (χ1n) is 14.1. The minimum atomic E-state index is -1.10.